The first-order valence-electron chi connectivity index (χ1n) is 8.25. The topological polar surface area (TPSA) is 96.9 Å². The summed E-state index contributed by atoms with van der Waals surface area (Å²) < 4.78 is 43.6. The molecule has 0 saturated carbocycles. The normalized spacial score (nSPS) is 11.4. The van der Waals surface area contributed by atoms with E-state index in [9.17, 15) is 22.4 Å². The van der Waals surface area contributed by atoms with Crippen LogP contribution in [0.2, 0.25) is 0 Å². The van der Waals surface area contributed by atoms with Crippen molar-refractivity contribution in [1.29, 1.82) is 0 Å². The van der Waals surface area contributed by atoms with Crippen LogP contribution in [0.1, 0.15) is 12.8 Å². The number of hydrogen-bond acceptors (Lipinski definition) is 7. The fourth-order valence-electron chi connectivity index (χ4n) is 2.15. The fraction of sp³-hybridized carbons (Fsp3) is 0.353. The van der Waals surface area contributed by atoms with Crippen LogP contribution >= 0.6 is 11.3 Å². The Kier molecular flexibility index (Phi) is 7.61. The van der Waals surface area contributed by atoms with Gasteiger partial charge in [0.2, 0.25) is 10.0 Å². The van der Waals surface area contributed by atoms with E-state index in [2.05, 4.69) is 4.98 Å². The number of carbonyl (C=O) groups excluding carboxylic acids is 2. The van der Waals surface area contributed by atoms with Gasteiger partial charge in [-0.1, -0.05) is 0 Å². The third-order valence-electron chi connectivity index (χ3n) is 3.81. The van der Waals surface area contributed by atoms with E-state index in [0.717, 1.165) is 16.4 Å². The summed E-state index contributed by atoms with van der Waals surface area (Å²) in [5.74, 6) is -1.55. The number of halogens is 1. The SMILES string of the molecule is CN(C(=O)COC(=O)CCCN(C)S(=O)(=O)c1ccc(F)cc1)c1nccs1. The number of hydrogen-bond donors (Lipinski definition) is 0. The molecule has 1 aromatic carbocycles. The monoisotopic (exact) mass is 429 g/mol. The molecule has 0 aliphatic carbocycles. The lowest BCUT2D eigenvalue weighted by molar-refractivity contribution is -0.147. The Bertz CT molecular complexity index is 901. The average molecular weight is 429 g/mol. The predicted octanol–water partition coefficient (Wildman–Crippen LogP) is 1.89. The maximum atomic E-state index is 12.9. The fourth-order valence-corrected chi connectivity index (χ4v) is 3.99. The molecule has 0 unspecified atom stereocenters. The van der Waals surface area contributed by atoms with Crippen LogP contribution < -0.4 is 4.90 Å². The van der Waals surface area contributed by atoms with Crippen molar-refractivity contribution in [3.05, 3.63) is 41.7 Å². The molecule has 0 N–H and O–H groups in total. The van der Waals surface area contributed by atoms with Crippen LogP contribution in [-0.4, -0.2) is 56.8 Å². The number of ether oxygens (including phenoxy) is 1. The van der Waals surface area contributed by atoms with Crippen molar-refractivity contribution in [2.75, 3.05) is 32.1 Å². The Hall–Kier alpha value is -2.37. The Labute approximate surface area is 166 Å². The van der Waals surface area contributed by atoms with Crippen molar-refractivity contribution in [3.8, 4) is 0 Å². The largest absolute Gasteiger partial charge is 0.456 e. The Balaban J connectivity index is 1.75. The second kappa shape index (κ2) is 9.71. The molecule has 0 saturated heterocycles. The molecule has 0 aliphatic heterocycles. The van der Waals surface area contributed by atoms with Gasteiger partial charge in [-0.05, 0) is 30.7 Å². The van der Waals surface area contributed by atoms with Gasteiger partial charge in [0.15, 0.2) is 11.7 Å². The number of thiazole rings is 1. The molecule has 0 spiro atoms. The molecule has 152 valence electrons. The number of likely N-dealkylation sites (N-methyl/N-ethyl adjacent to an activating group) is 1. The smallest absolute Gasteiger partial charge is 0.306 e. The number of amides is 1. The van der Waals surface area contributed by atoms with E-state index in [1.165, 1.54) is 42.5 Å². The lowest BCUT2D eigenvalue weighted by Crippen LogP contribution is -2.31. The van der Waals surface area contributed by atoms with E-state index in [1.807, 2.05) is 0 Å². The van der Waals surface area contributed by atoms with Gasteiger partial charge in [-0.2, -0.15) is 0 Å². The summed E-state index contributed by atoms with van der Waals surface area (Å²) in [5.41, 5.74) is 0. The summed E-state index contributed by atoms with van der Waals surface area (Å²) in [6, 6.07) is 4.50. The van der Waals surface area contributed by atoms with Gasteiger partial charge in [0, 0.05) is 38.6 Å². The summed E-state index contributed by atoms with van der Waals surface area (Å²) in [4.78, 5) is 29.0. The second-order valence-corrected chi connectivity index (χ2v) is 8.73. The number of aromatic nitrogens is 1. The molecular weight excluding hydrogens is 409 g/mol. The van der Waals surface area contributed by atoms with Gasteiger partial charge in [0.1, 0.15) is 5.82 Å². The van der Waals surface area contributed by atoms with Crippen molar-refractivity contribution < 1.29 is 27.1 Å². The van der Waals surface area contributed by atoms with Crippen LogP contribution in [0.5, 0.6) is 0 Å². The Morgan fingerprint density at radius 2 is 1.89 bits per heavy atom. The molecule has 2 aromatic rings. The summed E-state index contributed by atoms with van der Waals surface area (Å²) in [5, 5.41) is 2.22. The zero-order valence-electron chi connectivity index (χ0n) is 15.4. The van der Waals surface area contributed by atoms with Crippen LogP contribution in [0, 0.1) is 5.82 Å². The van der Waals surface area contributed by atoms with Crippen molar-refractivity contribution in [2.24, 2.45) is 0 Å². The van der Waals surface area contributed by atoms with E-state index < -0.39 is 34.3 Å². The minimum atomic E-state index is -3.77. The molecule has 28 heavy (non-hydrogen) atoms. The van der Waals surface area contributed by atoms with Gasteiger partial charge in [0.05, 0.1) is 4.90 Å². The highest BCUT2D eigenvalue weighted by molar-refractivity contribution is 7.89. The standard InChI is InChI=1S/C17H20FN3O5S2/c1-20(28(24,25)14-7-5-13(18)6-8-14)10-3-4-16(23)26-12-15(22)21(2)17-19-9-11-27-17/h5-9,11H,3-4,10,12H2,1-2H3. The molecule has 1 amide bonds. The summed E-state index contributed by atoms with van der Waals surface area (Å²) >= 11 is 1.28. The third-order valence-corrected chi connectivity index (χ3v) is 6.53. The van der Waals surface area contributed by atoms with Gasteiger partial charge in [-0.15, -0.1) is 11.3 Å². The number of nitrogens with zero attached hydrogens (tertiary/aromatic N) is 3. The molecule has 0 atom stereocenters. The zero-order chi connectivity index (χ0) is 20.7. The van der Waals surface area contributed by atoms with Crippen LogP contribution in [0.3, 0.4) is 0 Å². The van der Waals surface area contributed by atoms with Crippen LogP contribution in [0.25, 0.3) is 0 Å². The van der Waals surface area contributed by atoms with Gasteiger partial charge >= 0.3 is 5.97 Å². The first-order chi connectivity index (χ1) is 13.2. The molecule has 0 bridgehead atoms. The van der Waals surface area contributed by atoms with Gasteiger partial charge < -0.3 is 4.74 Å². The van der Waals surface area contributed by atoms with Gasteiger partial charge in [-0.3, -0.25) is 14.5 Å². The number of sulfonamides is 1. The first-order valence-corrected chi connectivity index (χ1v) is 10.6. The van der Waals surface area contributed by atoms with E-state index in [4.69, 9.17) is 4.74 Å². The molecule has 1 heterocycles. The lowest BCUT2D eigenvalue weighted by Gasteiger charge is -2.17. The van der Waals surface area contributed by atoms with E-state index in [-0.39, 0.29) is 24.3 Å². The second-order valence-electron chi connectivity index (χ2n) is 5.81. The highest BCUT2D eigenvalue weighted by atomic mass is 32.2. The number of anilines is 1. The highest BCUT2D eigenvalue weighted by Crippen LogP contribution is 2.16. The van der Waals surface area contributed by atoms with E-state index >= 15 is 0 Å². The third kappa shape index (κ3) is 5.81. The number of benzene rings is 1. The quantitative estimate of drug-likeness (QED) is 0.565. The van der Waals surface area contributed by atoms with Crippen molar-refractivity contribution >= 4 is 38.4 Å². The van der Waals surface area contributed by atoms with Crippen LogP contribution in [0.15, 0.2) is 40.7 Å². The van der Waals surface area contributed by atoms with E-state index in [0.29, 0.717) is 5.13 Å². The molecule has 0 fully saturated rings. The summed E-state index contributed by atoms with van der Waals surface area (Å²) in [7, 11) is -0.864. The molecule has 0 radical (unpaired) electrons. The maximum absolute atomic E-state index is 12.9. The van der Waals surface area contributed by atoms with E-state index in [1.54, 1.807) is 11.6 Å². The summed E-state index contributed by atoms with van der Waals surface area (Å²) in [6.45, 7) is -0.347. The van der Waals surface area contributed by atoms with Gasteiger partial charge in [-0.25, -0.2) is 22.1 Å². The molecule has 11 heteroatoms. The minimum absolute atomic E-state index is 0.0326. The molecular formula is C17H20FN3O5S2. The number of carbonyl (C=O) groups is 2. The molecule has 2 rings (SSSR count). The summed E-state index contributed by atoms with van der Waals surface area (Å²) in [6.07, 6.45) is 1.73. The Morgan fingerprint density at radius 1 is 1.21 bits per heavy atom. The first kappa shape index (κ1) is 21.9. The number of rotatable bonds is 9. The maximum Gasteiger partial charge on any atom is 0.306 e. The molecule has 8 nitrogen and oxygen atoms in total. The van der Waals surface area contributed by atoms with Crippen LogP contribution in [0.4, 0.5) is 9.52 Å². The van der Waals surface area contributed by atoms with Gasteiger partial charge in [0.25, 0.3) is 5.91 Å². The highest BCUT2D eigenvalue weighted by Gasteiger charge is 2.21. The van der Waals surface area contributed by atoms with Crippen LogP contribution in [-0.2, 0) is 24.3 Å². The Morgan fingerprint density at radius 3 is 2.50 bits per heavy atom. The number of esters is 1. The van der Waals surface area contributed by atoms with Crippen molar-refractivity contribution in [1.82, 2.24) is 9.29 Å². The van der Waals surface area contributed by atoms with Crippen molar-refractivity contribution in [2.45, 2.75) is 17.7 Å². The zero-order valence-corrected chi connectivity index (χ0v) is 17.0. The van der Waals surface area contributed by atoms with Crippen molar-refractivity contribution in [3.63, 3.8) is 0 Å². The predicted molar refractivity (Wildman–Crippen MR) is 102 cm³/mol. The molecule has 0 aliphatic rings. The average Bonchev–Trinajstić information content (AvgIpc) is 3.20. The lowest BCUT2D eigenvalue weighted by atomic mass is 10.3. The minimum Gasteiger partial charge on any atom is -0.456 e. The molecule has 1 aromatic heterocycles.